The van der Waals surface area contributed by atoms with Crippen molar-refractivity contribution in [2.75, 3.05) is 11.1 Å². The predicted molar refractivity (Wildman–Crippen MR) is 115 cm³/mol. The van der Waals surface area contributed by atoms with Crippen LogP contribution in [-0.2, 0) is 19.2 Å². The molecule has 0 aromatic heterocycles. The fourth-order valence-corrected chi connectivity index (χ4v) is 4.91. The van der Waals surface area contributed by atoms with Crippen molar-refractivity contribution >= 4 is 58.5 Å². The van der Waals surface area contributed by atoms with Crippen LogP contribution in [0.3, 0.4) is 0 Å². The van der Waals surface area contributed by atoms with Crippen LogP contribution in [0.25, 0.3) is 0 Å². The minimum absolute atomic E-state index is 0.0123. The Morgan fingerprint density at radius 1 is 0.844 bits per heavy atom. The second kappa shape index (κ2) is 7.41. The number of carbonyl (C=O) groups excluding carboxylic acids is 2. The van der Waals surface area contributed by atoms with E-state index in [1.807, 2.05) is 0 Å². The molecule has 3 aromatic carbocycles. The molecule has 0 radical (unpaired) electrons. The van der Waals surface area contributed by atoms with Crippen LogP contribution in [0.1, 0.15) is 31.8 Å². The van der Waals surface area contributed by atoms with Crippen molar-refractivity contribution < 1.29 is 31.0 Å². The maximum absolute atomic E-state index is 13.2. The summed E-state index contributed by atoms with van der Waals surface area (Å²) in [6.07, 6.45) is 0. The van der Waals surface area contributed by atoms with E-state index in [2.05, 4.69) is 5.32 Å². The minimum Gasteiger partial charge on any atom is -0.744 e. The van der Waals surface area contributed by atoms with Crippen LogP contribution in [0.4, 0.5) is 17.1 Å². The van der Waals surface area contributed by atoms with Gasteiger partial charge in [0.05, 0.1) is 32.3 Å². The van der Waals surface area contributed by atoms with Crippen LogP contribution in [0.5, 0.6) is 0 Å². The Kier molecular flexibility index (Phi) is 5.09. The monoisotopic (exact) mass is 491 g/mol. The lowest BCUT2D eigenvalue weighted by molar-refractivity contribution is 0.0980. The Labute approximate surface area is 187 Å². The molecule has 3 aromatic rings. The van der Waals surface area contributed by atoms with Crippen molar-refractivity contribution in [2.45, 2.75) is 9.79 Å². The van der Waals surface area contributed by atoms with Gasteiger partial charge in [0.15, 0.2) is 11.6 Å². The van der Waals surface area contributed by atoms with Gasteiger partial charge >= 0.3 is 0 Å². The quantitative estimate of drug-likeness (QED) is 0.248. The summed E-state index contributed by atoms with van der Waals surface area (Å²) < 4.78 is 58.7. The largest absolute Gasteiger partial charge is 0.744 e. The van der Waals surface area contributed by atoms with Crippen molar-refractivity contribution in [1.29, 1.82) is 0 Å². The number of carbonyl (C=O) groups is 2. The average molecular weight is 492 g/mol. The van der Waals surface area contributed by atoms with Gasteiger partial charge in [-0.05, 0) is 24.3 Å². The smallest absolute Gasteiger partial charge is 0.261 e. The molecular weight excluding hydrogens is 480 g/mol. The molecule has 12 heteroatoms. The highest BCUT2D eigenvalue weighted by molar-refractivity contribution is 8.13. The summed E-state index contributed by atoms with van der Waals surface area (Å²) >= 11 is 0. The maximum atomic E-state index is 13.2. The molecule has 4 rings (SSSR count). The number of hydrogen-bond donors (Lipinski definition) is 2. The summed E-state index contributed by atoms with van der Waals surface area (Å²) in [5.41, 5.74) is 4.55. The summed E-state index contributed by atoms with van der Waals surface area (Å²) in [6.45, 7) is 0. The van der Waals surface area contributed by atoms with Gasteiger partial charge in [-0.25, -0.2) is 16.8 Å². The van der Waals surface area contributed by atoms with Gasteiger partial charge in [-0.3, -0.25) is 9.59 Å². The molecule has 1 aliphatic carbocycles. The first-order chi connectivity index (χ1) is 14.9. The molecule has 0 heterocycles. The molecule has 0 saturated heterocycles. The first kappa shape index (κ1) is 22.0. The van der Waals surface area contributed by atoms with Crippen LogP contribution in [0.2, 0.25) is 0 Å². The fourth-order valence-electron chi connectivity index (χ4n) is 3.48. The lowest BCUT2D eigenvalue weighted by atomic mass is 9.82. The fraction of sp³-hybridized carbons (Fsp3) is 0. The van der Waals surface area contributed by atoms with Crippen molar-refractivity contribution in [3.8, 4) is 0 Å². The third-order valence-corrected chi connectivity index (χ3v) is 7.09. The van der Waals surface area contributed by atoms with Crippen molar-refractivity contribution in [3.05, 3.63) is 76.9 Å². The highest BCUT2D eigenvalue weighted by Crippen LogP contribution is 2.40. The Morgan fingerprint density at radius 3 is 2.00 bits per heavy atom. The van der Waals surface area contributed by atoms with Crippen molar-refractivity contribution in [3.63, 3.8) is 0 Å². The van der Waals surface area contributed by atoms with Crippen molar-refractivity contribution in [1.82, 2.24) is 0 Å². The summed E-state index contributed by atoms with van der Waals surface area (Å²) in [4.78, 5) is 25.1. The molecular formula is C20H12ClN2O7S2-. The number of halogens is 1. The molecule has 164 valence electrons. The summed E-state index contributed by atoms with van der Waals surface area (Å²) in [6, 6.07) is 11.9. The van der Waals surface area contributed by atoms with E-state index in [-0.39, 0.29) is 33.0 Å². The lowest BCUT2D eigenvalue weighted by Crippen LogP contribution is -2.25. The maximum Gasteiger partial charge on any atom is 0.261 e. The lowest BCUT2D eigenvalue weighted by Gasteiger charge is -2.25. The number of nitrogens with two attached hydrogens (primary N) is 1. The minimum atomic E-state index is -5.13. The van der Waals surface area contributed by atoms with E-state index in [0.29, 0.717) is 0 Å². The topological polar surface area (TPSA) is 164 Å². The summed E-state index contributed by atoms with van der Waals surface area (Å²) in [7, 11) is -3.85. The standard InChI is InChI=1S/C20H13ClN2O7S2/c21-31(26,27)11-5-3-4-10(8-11)23-14-9-15(32(28,29)30)18(22)17-16(14)19(24)12-6-1-2-7-13(12)20(17)25/h1-9,23H,22H2,(H,28,29,30)/p-1. The highest BCUT2D eigenvalue weighted by atomic mass is 35.7. The van der Waals surface area contributed by atoms with Gasteiger partial charge in [0.2, 0.25) is 0 Å². The van der Waals surface area contributed by atoms with E-state index in [1.165, 1.54) is 36.4 Å². The number of nitrogen functional groups attached to an aromatic ring is 1. The molecule has 0 spiro atoms. The molecule has 1 aliphatic rings. The van der Waals surface area contributed by atoms with E-state index >= 15 is 0 Å². The zero-order chi connectivity index (χ0) is 23.4. The van der Waals surface area contributed by atoms with Gasteiger partial charge in [0, 0.05) is 27.5 Å². The molecule has 9 nitrogen and oxygen atoms in total. The third-order valence-electron chi connectivity index (χ3n) is 4.86. The van der Waals surface area contributed by atoms with E-state index in [9.17, 15) is 31.0 Å². The zero-order valence-electron chi connectivity index (χ0n) is 15.8. The molecule has 0 fully saturated rings. The first-order valence-electron chi connectivity index (χ1n) is 8.82. The number of fused-ring (bicyclic) bond motifs is 2. The number of benzene rings is 3. The van der Waals surface area contributed by atoms with Gasteiger partial charge < -0.3 is 15.6 Å². The van der Waals surface area contributed by atoms with Crippen LogP contribution in [0, 0.1) is 0 Å². The number of nitrogens with one attached hydrogen (secondary N) is 1. The molecule has 0 saturated carbocycles. The van der Waals surface area contributed by atoms with E-state index in [1.54, 1.807) is 6.07 Å². The Bertz CT molecular complexity index is 1550. The third kappa shape index (κ3) is 3.65. The Morgan fingerprint density at radius 2 is 1.44 bits per heavy atom. The summed E-state index contributed by atoms with van der Waals surface area (Å²) in [5.74, 6) is -1.35. The van der Waals surface area contributed by atoms with Gasteiger partial charge in [-0.1, -0.05) is 30.3 Å². The average Bonchev–Trinajstić information content (AvgIpc) is 2.71. The van der Waals surface area contributed by atoms with Gasteiger partial charge in [-0.2, -0.15) is 0 Å². The molecule has 0 bridgehead atoms. The van der Waals surface area contributed by atoms with E-state index in [4.69, 9.17) is 16.4 Å². The number of rotatable bonds is 4. The highest BCUT2D eigenvalue weighted by Gasteiger charge is 2.35. The van der Waals surface area contributed by atoms with Gasteiger partial charge in [0.25, 0.3) is 9.05 Å². The summed E-state index contributed by atoms with van der Waals surface area (Å²) in [5, 5.41) is 2.71. The molecule has 32 heavy (non-hydrogen) atoms. The second-order valence-corrected chi connectivity index (χ2v) is 10.7. The van der Waals surface area contributed by atoms with Crippen LogP contribution < -0.4 is 11.1 Å². The van der Waals surface area contributed by atoms with Gasteiger partial charge in [-0.15, -0.1) is 0 Å². The van der Waals surface area contributed by atoms with Crippen LogP contribution in [0.15, 0.2) is 64.4 Å². The predicted octanol–water partition coefficient (Wildman–Crippen LogP) is 2.62. The number of ketones is 2. The first-order valence-corrected chi connectivity index (χ1v) is 12.5. The number of hydrogen-bond acceptors (Lipinski definition) is 9. The van der Waals surface area contributed by atoms with Gasteiger partial charge in [0.1, 0.15) is 10.1 Å². The molecule has 0 atom stereocenters. The Hall–Kier alpha value is -3.25. The Balaban J connectivity index is 2.00. The normalized spacial score (nSPS) is 13.4. The molecule has 0 aliphatic heterocycles. The molecule has 0 unspecified atom stereocenters. The van der Waals surface area contributed by atoms with Crippen LogP contribution in [-0.4, -0.2) is 33.0 Å². The number of anilines is 3. The van der Waals surface area contributed by atoms with E-state index < -0.39 is 46.9 Å². The van der Waals surface area contributed by atoms with E-state index in [0.717, 1.165) is 12.1 Å². The SMILES string of the molecule is Nc1c(S(=O)(=O)[O-])cc(Nc2cccc(S(=O)(=O)Cl)c2)c2c1C(=O)c1ccccc1C2=O. The zero-order valence-corrected chi connectivity index (χ0v) is 18.2. The molecule has 0 amide bonds. The van der Waals surface area contributed by atoms with Crippen molar-refractivity contribution in [2.24, 2.45) is 0 Å². The second-order valence-electron chi connectivity index (χ2n) is 6.83. The molecule has 3 N–H and O–H groups in total. The van der Waals surface area contributed by atoms with Crippen LogP contribution >= 0.6 is 10.7 Å².